The van der Waals surface area contributed by atoms with Gasteiger partial charge in [-0.25, -0.2) is 10.4 Å². The molecule has 4 fully saturated rings. The van der Waals surface area contributed by atoms with Gasteiger partial charge in [-0.3, -0.25) is 14.4 Å². The molecule has 3 unspecified atom stereocenters. The maximum atomic E-state index is 13.4. The van der Waals surface area contributed by atoms with Gasteiger partial charge in [-0.05, 0) is 32.0 Å². The van der Waals surface area contributed by atoms with E-state index < -0.39 is 0 Å². The van der Waals surface area contributed by atoms with Crippen LogP contribution >= 0.6 is 0 Å². The zero-order valence-electron chi connectivity index (χ0n) is 17.4. The molecule has 1 aromatic rings. The molecule has 1 N–H and O–H groups in total. The van der Waals surface area contributed by atoms with Crippen LogP contribution < -0.4 is 10.4 Å². The van der Waals surface area contributed by atoms with Crippen molar-refractivity contribution in [1.29, 1.82) is 0 Å². The molecule has 3 heterocycles. The van der Waals surface area contributed by atoms with Crippen molar-refractivity contribution in [3.63, 3.8) is 0 Å². The first-order valence-corrected chi connectivity index (χ1v) is 10.9. The van der Waals surface area contributed by atoms with Gasteiger partial charge in [0.25, 0.3) is 0 Å². The second kappa shape index (κ2) is 7.67. The van der Waals surface area contributed by atoms with E-state index in [0.717, 1.165) is 18.5 Å². The fraction of sp³-hybridized carbons (Fsp3) is 0.591. The minimum Gasteiger partial charge on any atom is -0.339 e. The van der Waals surface area contributed by atoms with Crippen molar-refractivity contribution in [2.45, 2.75) is 18.9 Å². The molecule has 3 atom stereocenters. The topological polar surface area (TPSA) is 76.2 Å². The molecule has 3 saturated heterocycles. The molecular formula is C22H29N5O3. The van der Waals surface area contributed by atoms with Gasteiger partial charge in [0.15, 0.2) is 0 Å². The van der Waals surface area contributed by atoms with Crippen LogP contribution in [0.3, 0.4) is 0 Å². The number of benzene rings is 1. The molecule has 1 aliphatic carbocycles. The van der Waals surface area contributed by atoms with Gasteiger partial charge in [0.05, 0.1) is 23.6 Å². The standard InChI is InChI=1S/C22H29N5O3/c1-24-13-17(21(29)26-11-9-25(10-12-26)20(28)15-7-8-15)19-18(14-24)22(30)27(23-19)16-5-3-2-4-6-16/h2-6,15,17-19,23H,7-14H2,1H3. The van der Waals surface area contributed by atoms with Gasteiger partial charge >= 0.3 is 0 Å². The molecule has 5 rings (SSSR count). The van der Waals surface area contributed by atoms with Gasteiger partial charge in [0.2, 0.25) is 17.7 Å². The molecule has 0 spiro atoms. The summed E-state index contributed by atoms with van der Waals surface area (Å²) in [5.41, 5.74) is 4.15. The maximum absolute atomic E-state index is 13.4. The van der Waals surface area contributed by atoms with Crippen LogP contribution in [-0.2, 0) is 14.4 Å². The summed E-state index contributed by atoms with van der Waals surface area (Å²) < 4.78 is 0. The molecular weight excluding hydrogens is 382 g/mol. The number of carbonyl (C=O) groups is 3. The average molecular weight is 412 g/mol. The van der Waals surface area contributed by atoms with Crippen molar-refractivity contribution in [2.75, 3.05) is 51.3 Å². The predicted molar refractivity (Wildman–Crippen MR) is 111 cm³/mol. The van der Waals surface area contributed by atoms with E-state index in [-0.39, 0.29) is 41.5 Å². The number of fused-ring (bicyclic) bond motifs is 1. The second-order valence-electron chi connectivity index (χ2n) is 9.02. The van der Waals surface area contributed by atoms with E-state index in [4.69, 9.17) is 0 Å². The summed E-state index contributed by atoms with van der Waals surface area (Å²) in [5.74, 6) is 0.0622. The van der Waals surface area contributed by atoms with Crippen molar-refractivity contribution in [2.24, 2.45) is 17.8 Å². The van der Waals surface area contributed by atoms with E-state index in [1.165, 1.54) is 0 Å². The number of hydrogen-bond donors (Lipinski definition) is 1. The lowest BCUT2D eigenvalue weighted by molar-refractivity contribution is -0.145. The third kappa shape index (κ3) is 3.48. The van der Waals surface area contributed by atoms with Gasteiger partial charge in [-0.1, -0.05) is 18.2 Å². The number of hydrogen-bond acceptors (Lipinski definition) is 5. The maximum Gasteiger partial charge on any atom is 0.247 e. The normalized spacial score (nSPS) is 29.8. The van der Waals surface area contributed by atoms with Gasteiger partial charge in [0.1, 0.15) is 0 Å². The molecule has 160 valence electrons. The molecule has 8 nitrogen and oxygen atoms in total. The van der Waals surface area contributed by atoms with E-state index in [2.05, 4.69) is 10.3 Å². The van der Waals surface area contributed by atoms with Gasteiger partial charge in [-0.15, -0.1) is 0 Å². The minimum absolute atomic E-state index is 0.0235. The van der Waals surface area contributed by atoms with E-state index in [1.807, 2.05) is 47.2 Å². The first-order chi connectivity index (χ1) is 14.5. The van der Waals surface area contributed by atoms with Crippen molar-refractivity contribution in [3.05, 3.63) is 30.3 Å². The molecule has 3 amide bonds. The Labute approximate surface area is 176 Å². The van der Waals surface area contributed by atoms with Crippen LogP contribution in [0.2, 0.25) is 0 Å². The van der Waals surface area contributed by atoms with Crippen LogP contribution in [0.15, 0.2) is 30.3 Å². The molecule has 4 aliphatic rings. The van der Waals surface area contributed by atoms with E-state index in [0.29, 0.717) is 39.3 Å². The zero-order chi connectivity index (χ0) is 20.8. The van der Waals surface area contributed by atoms with Gasteiger partial charge < -0.3 is 14.7 Å². The highest BCUT2D eigenvalue weighted by molar-refractivity contribution is 5.98. The number of piperidine rings is 1. The average Bonchev–Trinajstić information content (AvgIpc) is 3.57. The Hall–Kier alpha value is -2.45. The van der Waals surface area contributed by atoms with Crippen molar-refractivity contribution in [3.8, 4) is 0 Å². The van der Waals surface area contributed by atoms with Crippen molar-refractivity contribution in [1.82, 2.24) is 20.1 Å². The highest BCUT2D eigenvalue weighted by Crippen LogP contribution is 2.33. The lowest BCUT2D eigenvalue weighted by Gasteiger charge is -2.41. The van der Waals surface area contributed by atoms with Gasteiger partial charge in [-0.2, -0.15) is 0 Å². The van der Waals surface area contributed by atoms with Crippen LogP contribution in [0.4, 0.5) is 5.69 Å². The Balaban J connectivity index is 1.28. The number of likely N-dealkylation sites (tertiary alicyclic amines) is 1. The highest BCUT2D eigenvalue weighted by atomic mass is 16.2. The van der Waals surface area contributed by atoms with Gasteiger partial charge in [0, 0.05) is 45.2 Å². The summed E-state index contributed by atoms with van der Waals surface area (Å²) >= 11 is 0. The van der Waals surface area contributed by atoms with Crippen LogP contribution in [0.5, 0.6) is 0 Å². The number of para-hydroxylation sites is 1. The Morgan fingerprint density at radius 3 is 2.20 bits per heavy atom. The molecule has 0 aromatic heterocycles. The number of nitrogens with one attached hydrogen (secondary N) is 1. The van der Waals surface area contributed by atoms with Crippen molar-refractivity contribution < 1.29 is 14.4 Å². The lowest BCUT2D eigenvalue weighted by Crippen LogP contribution is -2.59. The molecule has 0 radical (unpaired) electrons. The Kier molecular flexibility index (Phi) is 4.99. The number of carbonyl (C=O) groups excluding carboxylic acids is 3. The summed E-state index contributed by atoms with van der Waals surface area (Å²) in [6.45, 7) is 3.65. The summed E-state index contributed by atoms with van der Waals surface area (Å²) in [6, 6.07) is 9.34. The third-order valence-electron chi connectivity index (χ3n) is 6.86. The monoisotopic (exact) mass is 411 g/mol. The molecule has 8 heteroatoms. The van der Waals surface area contributed by atoms with E-state index in [9.17, 15) is 14.4 Å². The highest BCUT2D eigenvalue weighted by Gasteiger charge is 2.51. The largest absolute Gasteiger partial charge is 0.339 e. The molecule has 30 heavy (non-hydrogen) atoms. The van der Waals surface area contributed by atoms with E-state index >= 15 is 0 Å². The van der Waals surface area contributed by atoms with Crippen LogP contribution in [-0.4, -0.2) is 84.8 Å². The van der Waals surface area contributed by atoms with Crippen LogP contribution in [0.1, 0.15) is 12.8 Å². The molecule has 1 saturated carbocycles. The first-order valence-electron chi connectivity index (χ1n) is 10.9. The number of nitrogens with zero attached hydrogens (tertiary/aromatic N) is 4. The van der Waals surface area contributed by atoms with Crippen molar-refractivity contribution >= 4 is 23.4 Å². The summed E-state index contributed by atoms with van der Waals surface area (Å²) in [7, 11) is 1.97. The Morgan fingerprint density at radius 1 is 0.933 bits per heavy atom. The molecule has 0 bridgehead atoms. The Morgan fingerprint density at radius 2 is 1.57 bits per heavy atom. The Bertz CT molecular complexity index is 834. The third-order valence-corrected chi connectivity index (χ3v) is 6.86. The number of rotatable bonds is 3. The SMILES string of the molecule is CN1CC(C(=O)N2CCN(C(=O)C3CC3)CC2)C2NN(c3ccccc3)C(=O)C2C1. The summed E-state index contributed by atoms with van der Waals surface area (Å²) in [5, 5.41) is 1.61. The molecule has 3 aliphatic heterocycles. The quantitative estimate of drug-likeness (QED) is 0.767. The molecule has 1 aromatic carbocycles. The van der Waals surface area contributed by atoms with Crippen LogP contribution in [0.25, 0.3) is 0 Å². The fourth-order valence-corrected chi connectivity index (χ4v) is 5.02. The number of hydrazine groups is 1. The number of anilines is 1. The predicted octanol–water partition coefficient (Wildman–Crippen LogP) is 0.165. The first kappa shape index (κ1) is 19.5. The number of amides is 3. The van der Waals surface area contributed by atoms with E-state index in [1.54, 1.807) is 5.01 Å². The lowest BCUT2D eigenvalue weighted by atomic mass is 9.84. The fourth-order valence-electron chi connectivity index (χ4n) is 5.02. The smallest absolute Gasteiger partial charge is 0.247 e. The summed E-state index contributed by atoms with van der Waals surface area (Å²) in [4.78, 5) is 44.7. The minimum atomic E-state index is -0.280. The van der Waals surface area contributed by atoms with Crippen LogP contribution in [0, 0.1) is 17.8 Å². The summed E-state index contributed by atoms with van der Waals surface area (Å²) in [6.07, 6.45) is 2.01. The second-order valence-corrected chi connectivity index (χ2v) is 9.02. The number of piperazine rings is 1. The zero-order valence-corrected chi connectivity index (χ0v) is 17.4.